The number of nitrogens with one attached hydrogen (secondary N) is 1. The van der Waals surface area contributed by atoms with Crippen molar-refractivity contribution in [2.24, 2.45) is 0 Å². The second-order valence-corrected chi connectivity index (χ2v) is 6.39. The van der Waals surface area contributed by atoms with Crippen LogP contribution in [0.4, 0.5) is 4.39 Å². The third-order valence-corrected chi connectivity index (χ3v) is 4.70. The molecule has 0 unspecified atom stereocenters. The molecule has 8 heteroatoms. The average molecular weight is 361 g/mol. The smallest absolute Gasteiger partial charge is 0.329 e. The highest BCUT2D eigenvalue weighted by molar-refractivity contribution is 5.99. The molecule has 0 aliphatic carbocycles. The minimum absolute atomic E-state index is 0.207. The number of ether oxygens (including phenoxy) is 1. The van der Waals surface area contributed by atoms with E-state index in [0.29, 0.717) is 22.6 Å². The summed E-state index contributed by atoms with van der Waals surface area (Å²) in [5.74, 6) is -1.93. The Kier molecular flexibility index (Phi) is 4.78. The Morgan fingerprint density at radius 1 is 1.23 bits per heavy atom. The van der Waals surface area contributed by atoms with Crippen molar-refractivity contribution in [2.75, 3.05) is 13.2 Å². The minimum atomic E-state index is -1.34. The van der Waals surface area contributed by atoms with Crippen LogP contribution in [0.25, 0.3) is 5.69 Å². The van der Waals surface area contributed by atoms with Gasteiger partial charge in [0.25, 0.3) is 5.91 Å². The molecule has 0 radical (unpaired) electrons. The molecule has 1 aliphatic heterocycles. The van der Waals surface area contributed by atoms with Crippen molar-refractivity contribution in [3.05, 3.63) is 47.0 Å². The molecular formula is C18H20FN3O4. The fourth-order valence-corrected chi connectivity index (χ4v) is 3.20. The van der Waals surface area contributed by atoms with Crippen LogP contribution in [0.3, 0.4) is 0 Å². The van der Waals surface area contributed by atoms with Gasteiger partial charge in [-0.3, -0.25) is 4.79 Å². The first-order valence-corrected chi connectivity index (χ1v) is 8.30. The SMILES string of the molecule is Cc1nn(-c2ccc(F)cc2)c(C)c1C(=O)NC1(C(=O)O)CCOCC1. The maximum atomic E-state index is 13.1. The Morgan fingerprint density at radius 3 is 2.42 bits per heavy atom. The molecule has 0 saturated carbocycles. The maximum absolute atomic E-state index is 13.1. The Labute approximate surface area is 149 Å². The summed E-state index contributed by atoms with van der Waals surface area (Å²) in [7, 11) is 0. The number of amides is 1. The molecule has 138 valence electrons. The van der Waals surface area contributed by atoms with Crippen molar-refractivity contribution in [2.45, 2.75) is 32.2 Å². The van der Waals surface area contributed by atoms with Gasteiger partial charge >= 0.3 is 5.97 Å². The van der Waals surface area contributed by atoms with Gasteiger partial charge in [-0.25, -0.2) is 13.9 Å². The quantitative estimate of drug-likeness (QED) is 0.869. The molecule has 1 fully saturated rings. The van der Waals surface area contributed by atoms with Gasteiger partial charge in [0, 0.05) is 26.1 Å². The van der Waals surface area contributed by atoms with E-state index < -0.39 is 17.4 Å². The fraction of sp³-hybridized carbons (Fsp3) is 0.389. The predicted octanol–water partition coefficient (Wildman–Crippen LogP) is 1.99. The molecule has 1 aromatic carbocycles. The fourth-order valence-electron chi connectivity index (χ4n) is 3.20. The summed E-state index contributed by atoms with van der Waals surface area (Å²) >= 11 is 0. The van der Waals surface area contributed by atoms with Crippen LogP contribution in [0, 0.1) is 19.7 Å². The number of hydrogen-bond donors (Lipinski definition) is 2. The first-order valence-electron chi connectivity index (χ1n) is 8.30. The molecule has 1 aliphatic rings. The highest BCUT2D eigenvalue weighted by Gasteiger charge is 2.42. The monoisotopic (exact) mass is 361 g/mol. The normalized spacial score (nSPS) is 16.3. The predicted molar refractivity (Wildman–Crippen MR) is 90.9 cm³/mol. The van der Waals surface area contributed by atoms with Gasteiger partial charge in [0.1, 0.15) is 11.4 Å². The molecule has 1 aromatic heterocycles. The van der Waals surface area contributed by atoms with Crippen LogP contribution in [0.15, 0.2) is 24.3 Å². The standard InChI is InChI=1S/C18H20FN3O4/c1-11-15(12(2)22(21-11)14-5-3-13(19)4-6-14)16(23)20-18(17(24)25)7-9-26-10-8-18/h3-6H,7-10H2,1-2H3,(H,20,23)(H,24,25). The number of aromatic nitrogens is 2. The van der Waals surface area contributed by atoms with Crippen molar-refractivity contribution in [3.8, 4) is 5.69 Å². The van der Waals surface area contributed by atoms with Crippen molar-refractivity contribution >= 4 is 11.9 Å². The molecule has 0 bridgehead atoms. The van der Waals surface area contributed by atoms with Crippen LogP contribution in [0.2, 0.25) is 0 Å². The first-order chi connectivity index (χ1) is 12.3. The molecule has 2 aromatic rings. The summed E-state index contributed by atoms with van der Waals surface area (Å²) in [4.78, 5) is 24.6. The van der Waals surface area contributed by atoms with Gasteiger partial charge in [0.2, 0.25) is 0 Å². The van der Waals surface area contributed by atoms with Crippen molar-refractivity contribution in [1.29, 1.82) is 0 Å². The minimum Gasteiger partial charge on any atom is -0.480 e. The maximum Gasteiger partial charge on any atom is 0.329 e. The number of carbonyl (C=O) groups excluding carboxylic acids is 1. The lowest BCUT2D eigenvalue weighted by Crippen LogP contribution is -2.57. The average Bonchev–Trinajstić information content (AvgIpc) is 2.91. The van der Waals surface area contributed by atoms with Crippen LogP contribution in [0.5, 0.6) is 0 Å². The molecule has 1 saturated heterocycles. The summed E-state index contributed by atoms with van der Waals surface area (Å²) in [6.45, 7) is 3.95. The van der Waals surface area contributed by atoms with E-state index in [9.17, 15) is 19.1 Å². The third kappa shape index (κ3) is 3.20. The summed E-state index contributed by atoms with van der Waals surface area (Å²) in [5, 5.41) is 16.6. The van der Waals surface area contributed by atoms with Gasteiger partial charge in [-0.05, 0) is 38.1 Å². The van der Waals surface area contributed by atoms with Gasteiger partial charge < -0.3 is 15.2 Å². The zero-order chi connectivity index (χ0) is 18.9. The van der Waals surface area contributed by atoms with Crippen LogP contribution in [-0.4, -0.2) is 45.5 Å². The number of nitrogens with zero attached hydrogens (tertiary/aromatic N) is 2. The lowest BCUT2D eigenvalue weighted by molar-refractivity contribution is -0.148. The third-order valence-electron chi connectivity index (χ3n) is 4.70. The topological polar surface area (TPSA) is 93.5 Å². The van der Waals surface area contributed by atoms with Gasteiger partial charge in [0.05, 0.1) is 22.6 Å². The van der Waals surface area contributed by atoms with Crippen LogP contribution >= 0.6 is 0 Å². The Balaban J connectivity index is 1.92. The zero-order valence-corrected chi connectivity index (χ0v) is 14.6. The highest BCUT2D eigenvalue weighted by atomic mass is 19.1. The summed E-state index contributed by atoms with van der Waals surface area (Å²) < 4.78 is 19.9. The number of rotatable bonds is 4. The summed E-state index contributed by atoms with van der Waals surface area (Å²) in [6.07, 6.45) is 0.413. The first kappa shape index (κ1) is 18.1. The number of hydrogen-bond acceptors (Lipinski definition) is 4. The lowest BCUT2D eigenvalue weighted by Gasteiger charge is -2.33. The molecule has 2 N–H and O–H groups in total. The van der Waals surface area contributed by atoms with Crippen LogP contribution in [0.1, 0.15) is 34.6 Å². The number of halogens is 1. The number of benzene rings is 1. The largest absolute Gasteiger partial charge is 0.480 e. The Morgan fingerprint density at radius 2 is 1.85 bits per heavy atom. The van der Waals surface area contributed by atoms with Crippen LogP contribution in [-0.2, 0) is 9.53 Å². The Hall–Kier alpha value is -2.74. The zero-order valence-electron chi connectivity index (χ0n) is 14.6. The molecule has 3 rings (SSSR count). The van der Waals surface area contributed by atoms with Gasteiger partial charge in [-0.1, -0.05) is 0 Å². The molecule has 2 heterocycles. The van der Waals surface area contributed by atoms with Crippen molar-refractivity contribution < 1.29 is 23.8 Å². The highest BCUT2D eigenvalue weighted by Crippen LogP contribution is 2.24. The lowest BCUT2D eigenvalue weighted by atomic mass is 9.89. The summed E-state index contributed by atoms with van der Waals surface area (Å²) in [5.41, 5.74) is 0.620. The molecular weight excluding hydrogens is 341 g/mol. The second kappa shape index (κ2) is 6.87. The number of carboxylic acids is 1. The van der Waals surface area contributed by atoms with Crippen molar-refractivity contribution in [1.82, 2.24) is 15.1 Å². The number of aryl methyl sites for hydroxylation is 1. The van der Waals surface area contributed by atoms with E-state index in [4.69, 9.17) is 4.74 Å². The molecule has 7 nitrogen and oxygen atoms in total. The van der Waals surface area contributed by atoms with E-state index in [1.807, 2.05) is 0 Å². The second-order valence-electron chi connectivity index (χ2n) is 6.39. The van der Waals surface area contributed by atoms with E-state index in [0.717, 1.165) is 0 Å². The molecule has 26 heavy (non-hydrogen) atoms. The molecule has 0 atom stereocenters. The van der Waals surface area contributed by atoms with Gasteiger partial charge in [0.15, 0.2) is 0 Å². The summed E-state index contributed by atoms with van der Waals surface area (Å²) in [6, 6.07) is 5.75. The van der Waals surface area contributed by atoms with E-state index in [1.54, 1.807) is 30.7 Å². The van der Waals surface area contributed by atoms with E-state index in [1.165, 1.54) is 12.1 Å². The van der Waals surface area contributed by atoms with Gasteiger partial charge in [-0.15, -0.1) is 0 Å². The number of carbonyl (C=O) groups is 2. The Bertz CT molecular complexity index is 839. The number of carboxylic acid groups (broad SMARTS) is 1. The van der Waals surface area contributed by atoms with E-state index >= 15 is 0 Å². The van der Waals surface area contributed by atoms with Crippen molar-refractivity contribution in [3.63, 3.8) is 0 Å². The molecule has 1 amide bonds. The van der Waals surface area contributed by atoms with E-state index in [2.05, 4.69) is 10.4 Å². The van der Waals surface area contributed by atoms with Crippen LogP contribution < -0.4 is 5.32 Å². The van der Waals surface area contributed by atoms with Gasteiger partial charge in [-0.2, -0.15) is 5.10 Å². The van der Waals surface area contributed by atoms with E-state index in [-0.39, 0.29) is 31.9 Å². The molecule has 0 spiro atoms. The number of aliphatic carboxylic acids is 1.